The average molecular weight is 338 g/mol. The second kappa shape index (κ2) is 5.54. The molecule has 0 amide bonds. The Balaban J connectivity index is 2.18. The van der Waals surface area contributed by atoms with E-state index in [1.54, 1.807) is 0 Å². The van der Waals surface area contributed by atoms with Crippen molar-refractivity contribution in [2.24, 2.45) is 0 Å². The Labute approximate surface area is 114 Å². The van der Waals surface area contributed by atoms with Crippen molar-refractivity contribution in [1.82, 2.24) is 0 Å². The normalized spacial score (nSPS) is 17.7. The second-order valence-electron chi connectivity index (χ2n) is 4.08. The van der Waals surface area contributed by atoms with E-state index in [4.69, 9.17) is 4.74 Å². The molecular weight excluding hydrogens is 325 g/mol. The molecule has 1 heterocycles. The van der Waals surface area contributed by atoms with E-state index in [9.17, 15) is 12.8 Å². The van der Waals surface area contributed by atoms with Gasteiger partial charge in [-0.25, -0.2) is 12.8 Å². The molecule has 2 rings (SSSR count). The van der Waals surface area contributed by atoms with E-state index in [2.05, 4.69) is 20.7 Å². The van der Waals surface area contributed by atoms with Crippen molar-refractivity contribution in [2.45, 2.75) is 18.1 Å². The zero-order valence-corrected chi connectivity index (χ0v) is 11.9. The van der Waals surface area contributed by atoms with Crippen LogP contribution in [0, 0.1) is 5.82 Å². The van der Waals surface area contributed by atoms with E-state index < -0.39 is 21.1 Å². The fourth-order valence-electron chi connectivity index (χ4n) is 1.80. The summed E-state index contributed by atoms with van der Waals surface area (Å²) in [5.41, 5.74) is 0.224. The Hall–Kier alpha value is -0.660. The Bertz CT molecular complexity index is 529. The van der Waals surface area contributed by atoms with Crippen LogP contribution < -0.4 is 4.72 Å². The van der Waals surface area contributed by atoms with Gasteiger partial charge in [-0.2, -0.15) is 0 Å². The van der Waals surface area contributed by atoms with Gasteiger partial charge in [-0.15, -0.1) is 0 Å². The van der Waals surface area contributed by atoms with Crippen molar-refractivity contribution >= 4 is 31.6 Å². The van der Waals surface area contributed by atoms with E-state index in [-0.39, 0.29) is 5.69 Å². The molecule has 1 N–H and O–H groups in total. The first kappa shape index (κ1) is 13.8. The fourth-order valence-corrected chi connectivity index (χ4v) is 3.73. The summed E-state index contributed by atoms with van der Waals surface area (Å²) in [6, 6.07) is 3.88. The van der Waals surface area contributed by atoms with Crippen molar-refractivity contribution in [3.63, 3.8) is 0 Å². The number of benzene rings is 1. The van der Waals surface area contributed by atoms with Crippen LogP contribution in [0.4, 0.5) is 10.1 Å². The molecule has 0 aliphatic carbocycles. The van der Waals surface area contributed by atoms with Crippen molar-refractivity contribution in [2.75, 3.05) is 17.9 Å². The highest BCUT2D eigenvalue weighted by Crippen LogP contribution is 2.26. The predicted octanol–water partition coefficient (Wildman–Crippen LogP) is 2.51. The molecule has 4 nitrogen and oxygen atoms in total. The smallest absolute Gasteiger partial charge is 0.235 e. The van der Waals surface area contributed by atoms with Gasteiger partial charge >= 0.3 is 0 Å². The number of hydrogen-bond acceptors (Lipinski definition) is 3. The molecule has 18 heavy (non-hydrogen) atoms. The summed E-state index contributed by atoms with van der Waals surface area (Å²) in [6.45, 7) is 0.881. The predicted molar refractivity (Wildman–Crippen MR) is 70.5 cm³/mol. The SMILES string of the molecule is O=S(=O)(Nc1cc(F)ccc1Br)C1CCOCC1. The van der Waals surface area contributed by atoms with Crippen molar-refractivity contribution in [3.8, 4) is 0 Å². The molecule has 1 aliphatic heterocycles. The maximum atomic E-state index is 13.1. The fraction of sp³-hybridized carbons (Fsp3) is 0.455. The van der Waals surface area contributed by atoms with Crippen LogP contribution in [0.3, 0.4) is 0 Å². The van der Waals surface area contributed by atoms with Crippen LogP contribution in [0.25, 0.3) is 0 Å². The molecule has 0 spiro atoms. The van der Waals surface area contributed by atoms with Crippen LogP contribution in [0.2, 0.25) is 0 Å². The van der Waals surface area contributed by atoms with Crippen molar-refractivity contribution in [1.29, 1.82) is 0 Å². The molecule has 1 aliphatic rings. The van der Waals surface area contributed by atoms with E-state index in [1.165, 1.54) is 12.1 Å². The third-order valence-electron chi connectivity index (χ3n) is 2.79. The van der Waals surface area contributed by atoms with Gasteiger partial charge in [0, 0.05) is 17.7 Å². The minimum absolute atomic E-state index is 0.224. The molecule has 1 aromatic rings. The maximum Gasteiger partial charge on any atom is 0.235 e. The monoisotopic (exact) mass is 337 g/mol. The van der Waals surface area contributed by atoms with Gasteiger partial charge in [-0.05, 0) is 47.0 Å². The van der Waals surface area contributed by atoms with E-state index in [1.807, 2.05) is 0 Å². The first-order chi connectivity index (χ1) is 8.49. The summed E-state index contributed by atoms with van der Waals surface area (Å²) < 4.78 is 45.4. The molecule has 0 atom stereocenters. The van der Waals surface area contributed by atoms with Gasteiger partial charge in [0.1, 0.15) is 5.82 Å². The number of sulfonamides is 1. The summed E-state index contributed by atoms with van der Waals surface area (Å²) >= 11 is 3.19. The van der Waals surface area contributed by atoms with E-state index in [0.29, 0.717) is 30.5 Å². The molecule has 0 saturated carbocycles. The van der Waals surface area contributed by atoms with Crippen LogP contribution >= 0.6 is 15.9 Å². The van der Waals surface area contributed by atoms with Crippen LogP contribution in [0.1, 0.15) is 12.8 Å². The van der Waals surface area contributed by atoms with E-state index >= 15 is 0 Å². The third kappa shape index (κ3) is 3.21. The molecule has 1 saturated heterocycles. The lowest BCUT2D eigenvalue weighted by Gasteiger charge is -2.23. The number of rotatable bonds is 3. The number of anilines is 1. The highest BCUT2D eigenvalue weighted by atomic mass is 79.9. The van der Waals surface area contributed by atoms with Gasteiger partial charge in [0.15, 0.2) is 0 Å². The lowest BCUT2D eigenvalue weighted by molar-refractivity contribution is 0.0984. The Morgan fingerprint density at radius 3 is 2.67 bits per heavy atom. The molecule has 0 bridgehead atoms. The molecule has 1 aromatic carbocycles. The minimum Gasteiger partial charge on any atom is -0.381 e. The molecule has 0 aromatic heterocycles. The molecule has 7 heteroatoms. The van der Waals surface area contributed by atoms with Crippen LogP contribution in [-0.2, 0) is 14.8 Å². The summed E-state index contributed by atoms with van der Waals surface area (Å²) in [6.07, 6.45) is 0.921. The number of hydrogen-bond donors (Lipinski definition) is 1. The zero-order valence-electron chi connectivity index (χ0n) is 9.53. The molecular formula is C11H13BrFNO3S. The standard InChI is InChI=1S/C11H13BrFNO3S/c12-10-2-1-8(13)7-11(10)14-18(15,16)9-3-5-17-6-4-9/h1-2,7,9,14H,3-6H2. The average Bonchev–Trinajstić information content (AvgIpc) is 2.35. The highest BCUT2D eigenvalue weighted by molar-refractivity contribution is 9.10. The molecule has 100 valence electrons. The minimum atomic E-state index is -3.50. The van der Waals surface area contributed by atoms with Gasteiger partial charge in [-0.1, -0.05) is 0 Å². The van der Waals surface area contributed by atoms with Crippen molar-refractivity contribution in [3.05, 3.63) is 28.5 Å². The van der Waals surface area contributed by atoms with Gasteiger partial charge in [0.25, 0.3) is 0 Å². The summed E-state index contributed by atoms with van der Waals surface area (Å²) in [5.74, 6) is -0.483. The summed E-state index contributed by atoms with van der Waals surface area (Å²) in [5, 5.41) is -0.485. The maximum absolute atomic E-state index is 13.1. The largest absolute Gasteiger partial charge is 0.381 e. The summed E-state index contributed by atoms with van der Waals surface area (Å²) in [7, 11) is -3.50. The Kier molecular flexibility index (Phi) is 4.24. The lowest BCUT2D eigenvalue weighted by Crippen LogP contribution is -2.33. The Morgan fingerprint density at radius 2 is 2.00 bits per heavy atom. The number of ether oxygens (including phenoxy) is 1. The zero-order chi connectivity index (χ0) is 13.2. The molecule has 0 radical (unpaired) electrons. The second-order valence-corrected chi connectivity index (χ2v) is 6.90. The lowest BCUT2D eigenvalue weighted by atomic mass is 10.2. The first-order valence-corrected chi connectivity index (χ1v) is 7.87. The van der Waals surface area contributed by atoms with Gasteiger partial charge < -0.3 is 4.74 Å². The van der Waals surface area contributed by atoms with E-state index in [0.717, 1.165) is 6.07 Å². The van der Waals surface area contributed by atoms with Gasteiger partial charge in [-0.3, -0.25) is 4.72 Å². The van der Waals surface area contributed by atoms with Crippen molar-refractivity contribution < 1.29 is 17.5 Å². The molecule has 1 fully saturated rings. The van der Waals surface area contributed by atoms with Gasteiger partial charge in [0.05, 0.1) is 10.9 Å². The molecule has 0 unspecified atom stereocenters. The highest BCUT2D eigenvalue weighted by Gasteiger charge is 2.28. The third-order valence-corrected chi connectivity index (χ3v) is 5.33. The number of nitrogens with one attached hydrogen (secondary N) is 1. The van der Waals surface area contributed by atoms with Gasteiger partial charge in [0.2, 0.25) is 10.0 Å². The van der Waals surface area contributed by atoms with Crippen LogP contribution in [-0.4, -0.2) is 26.9 Å². The number of halogens is 2. The summed E-state index contributed by atoms with van der Waals surface area (Å²) in [4.78, 5) is 0. The first-order valence-electron chi connectivity index (χ1n) is 5.53. The topological polar surface area (TPSA) is 55.4 Å². The quantitative estimate of drug-likeness (QED) is 0.921. The Morgan fingerprint density at radius 1 is 1.33 bits per heavy atom. The van der Waals surface area contributed by atoms with Crippen LogP contribution in [0.15, 0.2) is 22.7 Å². The van der Waals surface area contributed by atoms with Crippen LogP contribution in [0.5, 0.6) is 0 Å².